The van der Waals surface area contributed by atoms with Gasteiger partial charge in [-0.05, 0) is 42.1 Å². The smallest absolute Gasteiger partial charge is 0.246 e. The third-order valence-electron chi connectivity index (χ3n) is 8.70. The number of nitrogens with zero attached hydrogens (tertiary/aromatic N) is 6. The van der Waals surface area contributed by atoms with Crippen LogP contribution in [0.1, 0.15) is 12.1 Å². The van der Waals surface area contributed by atoms with Gasteiger partial charge in [-0.3, -0.25) is 14.2 Å². The van der Waals surface area contributed by atoms with E-state index in [9.17, 15) is 9.18 Å². The van der Waals surface area contributed by atoms with Crippen molar-refractivity contribution < 1.29 is 23.0 Å². The zero-order chi connectivity index (χ0) is 31.5. The van der Waals surface area contributed by atoms with Crippen molar-refractivity contribution in [1.29, 1.82) is 0 Å². The Morgan fingerprint density at radius 2 is 1.98 bits per heavy atom. The van der Waals surface area contributed by atoms with Crippen LogP contribution < -0.4 is 4.74 Å². The molecule has 4 aromatic heterocycles. The fourth-order valence-corrected chi connectivity index (χ4v) is 7.44. The standard InChI is InChI=1S/C34H28F2N6O3S/c1-3-29(43)41-17-23-15-26-33-31(34-24(7-11-46-34)32(38-33)19-4-5-27-20(12-19)16-37-40(27)2)30-25(36)13-21(35)14-28(30)45-10-9-44-8-6-22(41)18-42(23)39-26/h3-5,7,11-16,22H,1,6,8-10,17-18H2,2H3/t22-/m1/s1. The zero-order valence-electron chi connectivity index (χ0n) is 24.9. The molecule has 0 saturated carbocycles. The fraction of sp³-hybridized carbons (Fsp3) is 0.235. The van der Waals surface area contributed by atoms with Crippen LogP contribution in [0.2, 0.25) is 0 Å². The van der Waals surface area contributed by atoms with E-state index in [1.165, 1.54) is 23.5 Å². The van der Waals surface area contributed by atoms with Crippen LogP contribution in [0, 0.1) is 11.6 Å². The summed E-state index contributed by atoms with van der Waals surface area (Å²) in [6.45, 7) is 5.11. The third kappa shape index (κ3) is 4.67. The van der Waals surface area contributed by atoms with E-state index in [1.54, 1.807) is 4.90 Å². The molecule has 0 N–H and O–H groups in total. The molecule has 0 unspecified atom stereocenters. The predicted molar refractivity (Wildman–Crippen MR) is 171 cm³/mol. The highest BCUT2D eigenvalue weighted by Gasteiger charge is 2.32. The number of aromatic nitrogens is 5. The number of pyridine rings is 1. The second-order valence-corrected chi connectivity index (χ2v) is 12.3. The van der Waals surface area contributed by atoms with E-state index in [0.29, 0.717) is 48.8 Å². The Balaban J connectivity index is 1.41. The molecule has 0 spiro atoms. The van der Waals surface area contributed by atoms with Gasteiger partial charge in [0.05, 0.1) is 54.4 Å². The van der Waals surface area contributed by atoms with Crippen LogP contribution in [0.25, 0.3) is 54.8 Å². The Bertz CT molecular complexity index is 2190. The second kappa shape index (κ2) is 11.1. The maximum absolute atomic E-state index is 16.1. The van der Waals surface area contributed by atoms with Gasteiger partial charge < -0.3 is 14.4 Å². The lowest BCUT2D eigenvalue weighted by Gasteiger charge is -2.35. The molecule has 2 aromatic carbocycles. The number of hydrogen-bond acceptors (Lipinski definition) is 7. The number of amides is 1. The molecule has 2 aliphatic rings. The summed E-state index contributed by atoms with van der Waals surface area (Å²) < 4.78 is 47.0. The summed E-state index contributed by atoms with van der Waals surface area (Å²) in [7, 11) is 1.89. The molecular formula is C34H28F2N6O3S. The van der Waals surface area contributed by atoms with Crippen LogP contribution in [0.5, 0.6) is 5.75 Å². The maximum atomic E-state index is 16.1. The summed E-state index contributed by atoms with van der Waals surface area (Å²) >= 11 is 1.44. The normalized spacial score (nSPS) is 16.5. The van der Waals surface area contributed by atoms with E-state index in [2.05, 4.69) is 11.7 Å². The van der Waals surface area contributed by atoms with Crippen molar-refractivity contribution in [3.05, 3.63) is 84.0 Å². The molecule has 3 bridgehead atoms. The molecular weight excluding hydrogens is 610 g/mol. The molecule has 232 valence electrons. The van der Waals surface area contributed by atoms with Crippen LogP contribution in [0.4, 0.5) is 8.78 Å². The minimum absolute atomic E-state index is 0.0608. The first-order valence-corrected chi connectivity index (χ1v) is 15.8. The Morgan fingerprint density at radius 3 is 2.85 bits per heavy atom. The lowest BCUT2D eigenvalue weighted by Crippen LogP contribution is -2.46. The summed E-state index contributed by atoms with van der Waals surface area (Å²) in [6, 6.07) is 11.8. The SMILES string of the molecule is C=CC(=O)N1Cc2cc3nn2C[C@H]1CCOCCOc1cc(F)cc(F)c1-c1c-3nc(-c2ccc3c(cnn3C)c2)c2ccsc12. The lowest BCUT2D eigenvalue weighted by molar-refractivity contribution is -0.130. The highest BCUT2D eigenvalue weighted by atomic mass is 32.1. The van der Waals surface area contributed by atoms with Crippen molar-refractivity contribution in [2.75, 3.05) is 19.8 Å². The molecule has 2 aliphatic heterocycles. The Kier molecular flexibility index (Phi) is 6.91. The topological polar surface area (TPSA) is 87.3 Å². The van der Waals surface area contributed by atoms with Crippen molar-refractivity contribution in [3.63, 3.8) is 0 Å². The number of thiophene rings is 1. The van der Waals surface area contributed by atoms with E-state index in [-0.39, 0.29) is 36.5 Å². The Hall–Kier alpha value is -4.94. The van der Waals surface area contributed by atoms with Crippen LogP contribution >= 0.6 is 11.3 Å². The number of rotatable bonds is 2. The van der Waals surface area contributed by atoms with Gasteiger partial charge in [-0.2, -0.15) is 10.2 Å². The van der Waals surface area contributed by atoms with E-state index < -0.39 is 11.6 Å². The largest absolute Gasteiger partial charge is 0.490 e. The zero-order valence-corrected chi connectivity index (χ0v) is 25.7. The molecule has 6 aromatic rings. The first-order valence-electron chi connectivity index (χ1n) is 14.9. The van der Waals surface area contributed by atoms with Crippen molar-refractivity contribution >= 4 is 38.2 Å². The number of benzene rings is 2. The molecule has 6 heterocycles. The summed E-state index contributed by atoms with van der Waals surface area (Å²) in [5.41, 5.74) is 4.86. The average molecular weight is 639 g/mol. The predicted octanol–water partition coefficient (Wildman–Crippen LogP) is 6.35. The molecule has 12 heteroatoms. The molecule has 1 atom stereocenters. The van der Waals surface area contributed by atoms with Crippen LogP contribution in [-0.4, -0.2) is 61.2 Å². The van der Waals surface area contributed by atoms with Crippen molar-refractivity contribution in [3.8, 4) is 39.5 Å². The summed E-state index contributed by atoms with van der Waals surface area (Å²) in [5, 5.41) is 13.1. The monoisotopic (exact) mass is 638 g/mol. The van der Waals surface area contributed by atoms with E-state index in [0.717, 1.165) is 38.3 Å². The third-order valence-corrected chi connectivity index (χ3v) is 9.63. The van der Waals surface area contributed by atoms with Gasteiger partial charge in [0.15, 0.2) is 0 Å². The van der Waals surface area contributed by atoms with Gasteiger partial charge in [0.25, 0.3) is 0 Å². The highest BCUT2D eigenvalue weighted by molar-refractivity contribution is 7.18. The fourth-order valence-electron chi connectivity index (χ4n) is 6.49. The molecule has 46 heavy (non-hydrogen) atoms. The first kappa shape index (κ1) is 28.5. The molecule has 0 saturated heterocycles. The average Bonchev–Trinajstić information content (AvgIpc) is 3.79. The number of halogens is 2. The quantitative estimate of drug-likeness (QED) is 0.205. The number of fused-ring (bicyclic) bond motifs is 9. The van der Waals surface area contributed by atoms with Gasteiger partial charge >= 0.3 is 0 Å². The number of carbonyl (C=O) groups excluding carboxylic acids is 1. The number of ether oxygens (including phenoxy) is 2. The van der Waals surface area contributed by atoms with Gasteiger partial charge in [-0.1, -0.05) is 12.6 Å². The van der Waals surface area contributed by atoms with Gasteiger partial charge in [-0.15, -0.1) is 11.3 Å². The molecule has 0 fully saturated rings. The Labute approximate surface area is 266 Å². The molecule has 0 radical (unpaired) electrons. The summed E-state index contributed by atoms with van der Waals surface area (Å²) in [5.74, 6) is -1.63. The summed E-state index contributed by atoms with van der Waals surface area (Å²) in [6.07, 6.45) is 3.70. The number of aryl methyl sites for hydroxylation is 1. The number of hydrogen-bond donors (Lipinski definition) is 0. The molecule has 1 amide bonds. The van der Waals surface area contributed by atoms with E-state index >= 15 is 4.39 Å². The van der Waals surface area contributed by atoms with Gasteiger partial charge in [0.2, 0.25) is 5.91 Å². The Morgan fingerprint density at radius 1 is 1.09 bits per heavy atom. The van der Waals surface area contributed by atoms with Crippen LogP contribution in [-0.2, 0) is 29.7 Å². The molecule has 9 nitrogen and oxygen atoms in total. The second-order valence-electron chi connectivity index (χ2n) is 11.4. The van der Waals surface area contributed by atoms with Gasteiger partial charge in [0, 0.05) is 52.4 Å². The minimum Gasteiger partial charge on any atom is -0.490 e. The first-order chi connectivity index (χ1) is 22.4. The van der Waals surface area contributed by atoms with Crippen LogP contribution in [0.15, 0.2) is 66.7 Å². The minimum atomic E-state index is -0.769. The molecule has 0 aliphatic carbocycles. The van der Waals surface area contributed by atoms with Crippen molar-refractivity contribution in [1.82, 2.24) is 29.4 Å². The number of carbonyl (C=O) groups is 1. The van der Waals surface area contributed by atoms with Gasteiger partial charge in [-0.25, -0.2) is 13.8 Å². The van der Waals surface area contributed by atoms with E-state index in [4.69, 9.17) is 19.6 Å². The highest BCUT2D eigenvalue weighted by Crippen LogP contribution is 2.47. The van der Waals surface area contributed by atoms with Gasteiger partial charge in [0.1, 0.15) is 35.4 Å². The van der Waals surface area contributed by atoms with Crippen LogP contribution in [0.3, 0.4) is 0 Å². The van der Waals surface area contributed by atoms with Crippen molar-refractivity contribution in [2.45, 2.75) is 25.6 Å². The van der Waals surface area contributed by atoms with Crippen molar-refractivity contribution in [2.24, 2.45) is 7.05 Å². The lowest BCUT2D eigenvalue weighted by atomic mass is 9.96. The molecule has 8 rings (SSSR count). The summed E-state index contributed by atoms with van der Waals surface area (Å²) in [4.78, 5) is 19.9. The van der Waals surface area contributed by atoms with E-state index in [1.807, 2.05) is 58.3 Å². The maximum Gasteiger partial charge on any atom is 0.246 e.